The fraction of sp³-hybridized carbons (Fsp3) is 0.312. The number of aromatic nitrogens is 2. The predicted molar refractivity (Wildman–Crippen MR) is 86.5 cm³/mol. The van der Waals surface area contributed by atoms with Crippen molar-refractivity contribution in [3.8, 4) is 0 Å². The third kappa shape index (κ3) is 3.05. The van der Waals surface area contributed by atoms with E-state index in [9.17, 15) is 14.0 Å². The van der Waals surface area contributed by atoms with E-state index in [4.69, 9.17) is 16.3 Å². The number of carbonyl (C=O) groups excluding carboxylic acids is 1. The highest BCUT2D eigenvalue weighted by Gasteiger charge is 2.25. The molecule has 6 nitrogen and oxygen atoms in total. The number of anilines is 1. The van der Waals surface area contributed by atoms with Gasteiger partial charge in [-0.15, -0.1) is 0 Å². The van der Waals surface area contributed by atoms with Gasteiger partial charge in [-0.05, 0) is 32.0 Å². The maximum absolute atomic E-state index is 13.2. The minimum absolute atomic E-state index is 0.0979. The van der Waals surface area contributed by atoms with Gasteiger partial charge >= 0.3 is 0 Å². The van der Waals surface area contributed by atoms with Gasteiger partial charge in [0.1, 0.15) is 11.9 Å². The molecule has 24 heavy (non-hydrogen) atoms. The monoisotopic (exact) mass is 351 g/mol. The average molecular weight is 352 g/mol. The van der Waals surface area contributed by atoms with E-state index in [1.54, 1.807) is 6.92 Å². The number of fused-ring (bicyclic) bond motifs is 1. The quantitative estimate of drug-likeness (QED) is 0.922. The van der Waals surface area contributed by atoms with Crippen molar-refractivity contribution in [2.24, 2.45) is 0 Å². The zero-order chi connectivity index (χ0) is 17.4. The SMILES string of the molecule is C[C@@H]1OCc2cc(=O)n([C@H](C)C(=O)Nc3ccc(F)c(Cl)c3)nc21. The molecule has 3 rings (SSSR count). The Morgan fingerprint density at radius 3 is 2.96 bits per heavy atom. The first kappa shape index (κ1) is 16.6. The van der Waals surface area contributed by atoms with Crippen LogP contribution in [0.15, 0.2) is 29.1 Å². The van der Waals surface area contributed by atoms with Crippen LogP contribution in [0.3, 0.4) is 0 Å². The van der Waals surface area contributed by atoms with Gasteiger partial charge in [0.05, 0.1) is 23.4 Å². The van der Waals surface area contributed by atoms with E-state index in [2.05, 4.69) is 10.4 Å². The molecule has 8 heteroatoms. The largest absolute Gasteiger partial charge is 0.367 e. The molecule has 1 aliphatic rings. The molecular formula is C16H15ClFN3O3. The second-order valence-corrected chi connectivity index (χ2v) is 5.99. The van der Waals surface area contributed by atoms with Gasteiger partial charge in [-0.25, -0.2) is 9.07 Å². The maximum Gasteiger partial charge on any atom is 0.267 e. The van der Waals surface area contributed by atoms with E-state index in [0.717, 1.165) is 16.3 Å². The normalized spacial score (nSPS) is 17.4. The number of hydrogen-bond donors (Lipinski definition) is 1. The minimum Gasteiger partial charge on any atom is -0.367 e. The summed E-state index contributed by atoms with van der Waals surface area (Å²) < 4.78 is 19.7. The molecular weight excluding hydrogens is 337 g/mol. The summed E-state index contributed by atoms with van der Waals surface area (Å²) >= 11 is 5.69. The Hall–Kier alpha value is -2.25. The summed E-state index contributed by atoms with van der Waals surface area (Å²) in [4.78, 5) is 24.5. The highest BCUT2D eigenvalue weighted by molar-refractivity contribution is 6.31. The van der Waals surface area contributed by atoms with E-state index >= 15 is 0 Å². The topological polar surface area (TPSA) is 73.2 Å². The van der Waals surface area contributed by atoms with Crippen LogP contribution in [0.5, 0.6) is 0 Å². The number of nitrogens with zero attached hydrogens (tertiary/aromatic N) is 2. The zero-order valence-electron chi connectivity index (χ0n) is 13.0. The summed E-state index contributed by atoms with van der Waals surface area (Å²) in [5.74, 6) is -1.04. The standard InChI is InChI=1S/C16H15ClFN3O3/c1-8(16(23)19-11-3-4-13(18)12(17)6-11)21-14(22)5-10-7-24-9(2)15(10)20-21/h3-6,8-9H,7H2,1-2H3,(H,19,23)/t8-,9+/m1/s1. The molecule has 0 bridgehead atoms. The van der Waals surface area contributed by atoms with Gasteiger partial charge in [-0.2, -0.15) is 5.10 Å². The van der Waals surface area contributed by atoms with Crippen molar-refractivity contribution in [2.75, 3.05) is 5.32 Å². The Morgan fingerprint density at radius 1 is 1.50 bits per heavy atom. The van der Waals surface area contributed by atoms with Crippen LogP contribution < -0.4 is 10.9 Å². The Morgan fingerprint density at radius 2 is 2.25 bits per heavy atom. The molecule has 2 aromatic rings. The van der Waals surface area contributed by atoms with Gasteiger partial charge < -0.3 is 10.1 Å². The van der Waals surface area contributed by atoms with E-state index in [-0.39, 0.29) is 16.7 Å². The van der Waals surface area contributed by atoms with Gasteiger partial charge in [-0.1, -0.05) is 11.6 Å². The molecule has 1 aromatic heterocycles. The molecule has 1 aliphatic heterocycles. The molecule has 126 valence electrons. The molecule has 0 fully saturated rings. The molecule has 0 unspecified atom stereocenters. The van der Waals surface area contributed by atoms with E-state index in [1.165, 1.54) is 18.2 Å². The molecule has 0 spiro atoms. The van der Waals surface area contributed by atoms with E-state index in [0.29, 0.717) is 18.0 Å². The first-order valence-corrected chi connectivity index (χ1v) is 7.74. The fourth-order valence-corrected chi connectivity index (χ4v) is 2.66. The van der Waals surface area contributed by atoms with E-state index < -0.39 is 17.8 Å². The lowest BCUT2D eigenvalue weighted by atomic mass is 10.2. The molecule has 2 heterocycles. The number of halogens is 2. The number of rotatable bonds is 3. The first-order chi connectivity index (χ1) is 11.4. The number of hydrogen-bond acceptors (Lipinski definition) is 4. The Bertz CT molecular complexity index is 868. The van der Waals surface area contributed by atoms with Gasteiger partial charge in [0.15, 0.2) is 0 Å². The number of benzene rings is 1. The fourth-order valence-electron chi connectivity index (χ4n) is 2.48. The van der Waals surface area contributed by atoms with Crippen LogP contribution in [-0.2, 0) is 16.1 Å². The minimum atomic E-state index is -0.848. The molecule has 2 atom stereocenters. The van der Waals surface area contributed by atoms with Crippen molar-refractivity contribution in [1.82, 2.24) is 9.78 Å². The molecule has 0 saturated carbocycles. The summed E-state index contributed by atoms with van der Waals surface area (Å²) in [6.45, 7) is 3.73. The number of nitrogens with one attached hydrogen (secondary N) is 1. The maximum atomic E-state index is 13.2. The predicted octanol–water partition coefficient (Wildman–Crippen LogP) is 2.83. The van der Waals surface area contributed by atoms with Crippen molar-refractivity contribution < 1.29 is 13.9 Å². The average Bonchev–Trinajstić information content (AvgIpc) is 2.89. The molecule has 1 amide bonds. The second kappa shape index (κ2) is 6.33. The van der Waals surface area contributed by atoms with Crippen LogP contribution in [0, 0.1) is 5.82 Å². The molecule has 0 radical (unpaired) electrons. The number of carbonyl (C=O) groups is 1. The number of amides is 1. The summed E-state index contributed by atoms with van der Waals surface area (Å²) in [6, 6.07) is 4.43. The third-order valence-electron chi connectivity index (χ3n) is 3.88. The van der Waals surface area contributed by atoms with Crippen molar-refractivity contribution in [3.63, 3.8) is 0 Å². The Balaban J connectivity index is 1.84. The lowest BCUT2D eigenvalue weighted by Gasteiger charge is -2.15. The van der Waals surface area contributed by atoms with Crippen molar-refractivity contribution >= 4 is 23.2 Å². The smallest absolute Gasteiger partial charge is 0.267 e. The Labute approximate surface area is 142 Å². The molecule has 1 N–H and O–H groups in total. The van der Waals surface area contributed by atoms with Crippen LogP contribution in [0.2, 0.25) is 5.02 Å². The third-order valence-corrected chi connectivity index (χ3v) is 4.16. The van der Waals surface area contributed by atoms with Crippen LogP contribution in [0.25, 0.3) is 0 Å². The highest BCUT2D eigenvalue weighted by Crippen LogP contribution is 2.27. The summed E-state index contributed by atoms with van der Waals surface area (Å²) in [5, 5.41) is 6.76. The second-order valence-electron chi connectivity index (χ2n) is 5.58. The summed E-state index contributed by atoms with van der Waals surface area (Å²) in [7, 11) is 0. The van der Waals surface area contributed by atoms with Gasteiger partial charge in [0.25, 0.3) is 5.56 Å². The highest BCUT2D eigenvalue weighted by atomic mass is 35.5. The van der Waals surface area contributed by atoms with E-state index in [1.807, 2.05) is 6.92 Å². The molecule has 0 aliphatic carbocycles. The summed E-state index contributed by atoms with van der Waals surface area (Å²) in [5.41, 5.74) is 1.34. The van der Waals surface area contributed by atoms with Crippen LogP contribution >= 0.6 is 11.6 Å². The zero-order valence-corrected chi connectivity index (χ0v) is 13.8. The van der Waals surface area contributed by atoms with Gasteiger partial charge in [-0.3, -0.25) is 9.59 Å². The Kier molecular flexibility index (Phi) is 4.38. The lowest BCUT2D eigenvalue weighted by Crippen LogP contribution is -2.34. The van der Waals surface area contributed by atoms with Crippen LogP contribution in [0.4, 0.5) is 10.1 Å². The van der Waals surface area contributed by atoms with Crippen LogP contribution in [-0.4, -0.2) is 15.7 Å². The first-order valence-electron chi connectivity index (χ1n) is 7.37. The van der Waals surface area contributed by atoms with Crippen LogP contribution in [0.1, 0.15) is 37.3 Å². The van der Waals surface area contributed by atoms with Crippen molar-refractivity contribution in [1.29, 1.82) is 0 Å². The van der Waals surface area contributed by atoms with Gasteiger partial charge in [0.2, 0.25) is 5.91 Å². The number of ether oxygens (including phenoxy) is 1. The van der Waals surface area contributed by atoms with Crippen molar-refractivity contribution in [2.45, 2.75) is 32.6 Å². The lowest BCUT2D eigenvalue weighted by molar-refractivity contribution is -0.119. The molecule has 0 saturated heterocycles. The summed E-state index contributed by atoms with van der Waals surface area (Å²) in [6.07, 6.45) is -0.224. The van der Waals surface area contributed by atoms with Gasteiger partial charge in [0, 0.05) is 17.3 Å². The molecule has 1 aromatic carbocycles. The van der Waals surface area contributed by atoms with Crippen molar-refractivity contribution in [3.05, 3.63) is 56.7 Å².